The molecule has 0 radical (unpaired) electrons. The van der Waals surface area contributed by atoms with Crippen molar-refractivity contribution in [2.75, 3.05) is 0 Å². The Bertz CT molecular complexity index is 2570. The van der Waals surface area contributed by atoms with E-state index in [0.29, 0.717) is 11.6 Å². The van der Waals surface area contributed by atoms with Gasteiger partial charge in [-0.3, -0.25) is 4.57 Å². The molecule has 216 valence electrons. The van der Waals surface area contributed by atoms with Gasteiger partial charge < -0.3 is 0 Å². The van der Waals surface area contributed by atoms with E-state index in [1.54, 1.807) is 0 Å². The highest BCUT2D eigenvalue weighted by molar-refractivity contribution is 6.11. The number of hydrogen-bond acceptors (Lipinski definition) is 3. The van der Waals surface area contributed by atoms with Gasteiger partial charge in [0.05, 0.1) is 16.6 Å². The zero-order valence-corrected chi connectivity index (χ0v) is 25.5. The summed E-state index contributed by atoms with van der Waals surface area (Å²) in [6, 6.07) is 49.4. The summed E-state index contributed by atoms with van der Waals surface area (Å²) in [5.74, 6) is 0.493. The Morgan fingerprint density at radius 2 is 1.15 bits per heavy atom. The average molecular weight is 589 g/mol. The molecule has 0 spiro atoms. The van der Waals surface area contributed by atoms with Crippen LogP contribution in [0.1, 0.15) is 30.7 Å². The van der Waals surface area contributed by atoms with Gasteiger partial charge in [0.1, 0.15) is 6.07 Å². The van der Waals surface area contributed by atoms with E-state index in [4.69, 9.17) is 9.97 Å². The smallest absolute Gasteiger partial charge is 0.236 e. The lowest BCUT2D eigenvalue weighted by molar-refractivity contribution is 0.660. The second-order valence-corrected chi connectivity index (χ2v) is 12.6. The Morgan fingerprint density at radius 3 is 1.91 bits per heavy atom. The molecule has 0 fully saturated rings. The number of aromatic nitrogens is 3. The number of para-hydroxylation sites is 1. The molecule has 0 amide bonds. The average Bonchev–Trinajstić information content (AvgIpc) is 3.55. The van der Waals surface area contributed by atoms with E-state index >= 15 is 0 Å². The Balaban J connectivity index is 1.29. The Kier molecular flexibility index (Phi) is 5.57. The molecule has 0 bridgehead atoms. The maximum Gasteiger partial charge on any atom is 0.236 e. The Hall–Kier alpha value is -6.05. The molecule has 0 aliphatic heterocycles. The van der Waals surface area contributed by atoms with Crippen LogP contribution in [0.2, 0.25) is 0 Å². The van der Waals surface area contributed by atoms with E-state index in [1.807, 2.05) is 30.3 Å². The number of nitriles is 1. The first-order valence-electron chi connectivity index (χ1n) is 15.6. The molecule has 9 rings (SSSR count). The third-order valence-corrected chi connectivity index (χ3v) is 9.69. The molecule has 1 aliphatic rings. The van der Waals surface area contributed by atoms with Gasteiger partial charge in [0.2, 0.25) is 5.95 Å². The lowest BCUT2D eigenvalue weighted by Crippen LogP contribution is -2.14. The van der Waals surface area contributed by atoms with E-state index in [-0.39, 0.29) is 5.41 Å². The molecule has 1 aliphatic carbocycles. The van der Waals surface area contributed by atoms with Crippen molar-refractivity contribution in [2.24, 2.45) is 0 Å². The summed E-state index contributed by atoms with van der Waals surface area (Å²) in [4.78, 5) is 9.75. The molecule has 0 saturated carbocycles. The van der Waals surface area contributed by atoms with Gasteiger partial charge in [0.25, 0.3) is 0 Å². The van der Waals surface area contributed by atoms with E-state index in [0.717, 1.165) is 49.4 Å². The van der Waals surface area contributed by atoms with E-state index in [9.17, 15) is 5.26 Å². The second kappa shape index (κ2) is 9.72. The molecule has 46 heavy (non-hydrogen) atoms. The quantitative estimate of drug-likeness (QED) is 0.206. The van der Waals surface area contributed by atoms with Crippen molar-refractivity contribution >= 4 is 32.7 Å². The molecule has 2 heterocycles. The first-order valence-corrected chi connectivity index (χ1v) is 15.6. The third-order valence-electron chi connectivity index (χ3n) is 9.69. The topological polar surface area (TPSA) is 54.5 Å². The minimum absolute atomic E-state index is 0.0709. The van der Waals surface area contributed by atoms with E-state index in [1.165, 1.54) is 27.8 Å². The molecule has 8 aromatic rings. The van der Waals surface area contributed by atoms with Crippen molar-refractivity contribution in [3.8, 4) is 45.4 Å². The Morgan fingerprint density at radius 1 is 0.543 bits per heavy atom. The molecular weight excluding hydrogens is 560 g/mol. The number of benzene rings is 6. The summed E-state index contributed by atoms with van der Waals surface area (Å²) >= 11 is 0. The van der Waals surface area contributed by atoms with Crippen molar-refractivity contribution in [2.45, 2.75) is 19.3 Å². The monoisotopic (exact) mass is 588 g/mol. The van der Waals surface area contributed by atoms with Crippen molar-refractivity contribution in [3.63, 3.8) is 0 Å². The van der Waals surface area contributed by atoms with Crippen LogP contribution < -0.4 is 0 Å². The van der Waals surface area contributed by atoms with E-state index in [2.05, 4.69) is 128 Å². The van der Waals surface area contributed by atoms with Crippen LogP contribution in [-0.4, -0.2) is 14.5 Å². The van der Waals surface area contributed by atoms with E-state index < -0.39 is 0 Å². The minimum atomic E-state index is -0.0709. The number of fused-ring (bicyclic) bond motifs is 7. The lowest BCUT2D eigenvalue weighted by Gasteiger charge is -2.22. The molecule has 0 unspecified atom stereocenters. The van der Waals surface area contributed by atoms with Crippen LogP contribution in [0, 0.1) is 11.3 Å². The standard InChI is InChI=1S/C42H28N4/c1-42(2)35-14-8-6-12-30(35)31-19-16-29(24-36(31)42)28-18-21-40-34(23-28)33-22-27(26-10-4-3-5-11-26)17-20-39(33)46(40)41-44-37-15-9-7-13-32(37)38(25-43)45-41/h3-24H,1-2H3. The predicted octanol–water partition coefficient (Wildman–Crippen LogP) is 10.2. The largest absolute Gasteiger partial charge is 0.278 e. The van der Waals surface area contributed by atoms with Crippen LogP contribution in [0.25, 0.3) is 72.0 Å². The van der Waals surface area contributed by atoms with Crippen molar-refractivity contribution < 1.29 is 0 Å². The van der Waals surface area contributed by atoms with Crippen LogP contribution in [0.4, 0.5) is 0 Å². The van der Waals surface area contributed by atoms with Crippen LogP contribution in [0.5, 0.6) is 0 Å². The van der Waals surface area contributed by atoms with Crippen LogP contribution in [0.15, 0.2) is 133 Å². The van der Waals surface area contributed by atoms with Crippen LogP contribution in [0.3, 0.4) is 0 Å². The maximum absolute atomic E-state index is 10.0. The first-order chi connectivity index (χ1) is 22.5. The molecule has 4 heteroatoms. The van der Waals surface area contributed by atoms with Gasteiger partial charge in [-0.15, -0.1) is 0 Å². The summed E-state index contributed by atoms with van der Waals surface area (Å²) < 4.78 is 2.10. The second-order valence-electron chi connectivity index (χ2n) is 12.6. The zero-order chi connectivity index (χ0) is 31.0. The first kappa shape index (κ1) is 26.4. The molecular formula is C42H28N4. The number of hydrogen-bond donors (Lipinski definition) is 0. The zero-order valence-electron chi connectivity index (χ0n) is 25.5. The van der Waals surface area contributed by atoms with Crippen LogP contribution in [-0.2, 0) is 5.41 Å². The normalized spacial score (nSPS) is 13.2. The van der Waals surface area contributed by atoms with Gasteiger partial charge in [-0.1, -0.05) is 105 Å². The minimum Gasteiger partial charge on any atom is -0.278 e. The highest BCUT2D eigenvalue weighted by atomic mass is 15.2. The summed E-state index contributed by atoms with van der Waals surface area (Å²) in [5.41, 5.74) is 13.1. The molecule has 2 aromatic heterocycles. The fraction of sp³-hybridized carbons (Fsp3) is 0.0714. The highest BCUT2D eigenvalue weighted by Gasteiger charge is 2.35. The summed E-state index contributed by atoms with van der Waals surface area (Å²) in [6.07, 6.45) is 0. The third kappa shape index (κ3) is 3.79. The fourth-order valence-electron chi connectivity index (χ4n) is 7.36. The maximum atomic E-state index is 10.0. The molecule has 0 saturated heterocycles. The molecule has 0 atom stereocenters. The number of rotatable bonds is 3. The van der Waals surface area contributed by atoms with Gasteiger partial charge >= 0.3 is 0 Å². The lowest BCUT2D eigenvalue weighted by atomic mass is 9.81. The fourth-order valence-corrected chi connectivity index (χ4v) is 7.36. The van der Waals surface area contributed by atoms with Gasteiger partial charge in [0, 0.05) is 21.6 Å². The van der Waals surface area contributed by atoms with Crippen molar-refractivity contribution in [1.29, 1.82) is 5.26 Å². The Labute approximate surface area is 266 Å². The van der Waals surface area contributed by atoms with Crippen LogP contribution >= 0.6 is 0 Å². The highest BCUT2D eigenvalue weighted by Crippen LogP contribution is 2.49. The SMILES string of the molecule is CC1(C)c2ccccc2-c2ccc(-c3ccc4c(c3)c3cc(-c5ccccc5)ccc3n4-c3nc(C#N)c4ccccc4n3)cc21. The van der Waals surface area contributed by atoms with Gasteiger partial charge in [-0.05, 0) is 87.0 Å². The summed E-state index contributed by atoms with van der Waals surface area (Å²) in [6.45, 7) is 4.64. The van der Waals surface area contributed by atoms with Gasteiger partial charge in [-0.2, -0.15) is 5.26 Å². The molecule has 4 nitrogen and oxygen atoms in total. The van der Waals surface area contributed by atoms with Gasteiger partial charge in [-0.25, -0.2) is 9.97 Å². The molecule has 0 N–H and O–H groups in total. The number of nitrogens with zero attached hydrogens (tertiary/aromatic N) is 4. The van der Waals surface area contributed by atoms with Gasteiger partial charge in [0.15, 0.2) is 5.69 Å². The molecule has 6 aromatic carbocycles. The summed E-state index contributed by atoms with van der Waals surface area (Å²) in [5, 5.41) is 13.0. The van der Waals surface area contributed by atoms with Crippen molar-refractivity contribution in [1.82, 2.24) is 14.5 Å². The van der Waals surface area contributed by atoms with Crippen molar-refractivity contribution in [3.05, 3.63) is 150 Å². The summed E-state index contributed by atoms with van der Waals surface area (Å²) in [7, 11) is 0. The predicted molar refractivity (Wildman–Crippen MR) is 187 cm³/mol.